The Morgan fingerprint density at radius 3 is 2.47 bits per heavy atom. The zero-order valence-electron chi connectivity index (χ0n) is 22.1. The number of nitrogens with one attached hydrogen (secondary N) is 2. The summed E-state index contributed by atoms with van der Waals surface area (Å²) in [6.07, 6.45) is -0.172. The topological polar surface area (TPSA) is 128 Å². The van der Waals surface area contributed by atoms with Crippen molar-refractivity contribution in [3.8, 4) is 5.82 Å². The van der Waals surface area contributed by atoms with E-state index in [1.165, 1.54) is 4.57 Å². The maximum absolute atomic E-state index is 13.6. The van der Waals surface area contributed by atoms with E-state index >= 15 is 0 Å². The SMILES string of the molecule is C=NC(=O)Cc1cc(NC(=O)OC(C)(C)C)c(-n2c(C)c(Cl)nc(NCCc3ccccc3)c2=O)nc1C. The number of amides is 2. The molecular weight excluding hydrogens is 508 g/mol. The predicted octanol–water partition coefficient (Wildman–Crippen LogP) is 4.67. The third kappa shape index (κ3) is 7.25. The number of hydrogen-bond acceptors (Lipinski definition) is 7. The van der Waals surface area contributed by atoms with Gasteiger partial charge in [-0.3, -0.25) is 19.5 Å². The molecule has 2 amide bonds. The first-order valence-electron chi connectivity index (χ1n) is 12.0. The number of nitrogens with zero attached hydrogens (tertiary/aromatic N) is 4. The summed E-state index contributed by atoms with van der Waals surface area (Å²) in [6, 6.07) is 11.4. The van der Waals surface area contributed by atoms with Crippen molar-refractivity contribution in [2.24, 2.45) is 4.99 Å². The molecule has 200 valence electrons. The van der Waals surface area contributed by atoms with Crippen molar-refractivity contribution in [1.82, 2.24) is 14.5 Å². The molecule has 0 radical (unpaired) electrons. The molecule has 2 aromatic heterocycles. The van der Waals surface area contributed by atoms with Crippen molar-refractivity contribution >= 4 is 41.8 Å². The third-order valence-corrected chi connectivity index (χ3v) is 5.82. The number of carbonyl (C=O) groups excluding carboxylic acids is 2. The lowest BCUT2D eigenvalue weighted by atomic mass is 10.1. The molecular formula is C27H31ClN6O4. The van der Waals surface area contributed by atoms with Gasteiger partial charge in [-0.1, -0.05) is 41.9 Å². The van der Waals surface area contributed by atoms with Gasteiger partial charge in [0.1, 0.15) is 5.60 Å². The van der Waals surface area contributed by atoms with Crippen LogP contribution in [0.4, 0.5) is 16.3 Å². The highest BCUT2D eigenvalue weighted by Crippen LogP contribution is 2.26. The summed E-state index contributed by atoms with van der Waals surface area (Å²) in [5.74, 6) is -0.320. The van der Waals surface area contributed by atoms with Crippen molar-refractivity contribution in [1.29, 1.82) is 0 Å². The second-order valence-corrected chi connectivity index (χ2v) is 9.96. The Morgan fingerprint density at radius 1 is 1.16 bits per heavy atom. The van der Waals surface area contributed by atoms with E-state index in [9.17, 15) is 14.4 Å². The van der Waals surface area contributed by atoms with Crippen LogP contribution in [0.1, 0.15) is 43.3 Å². The number of aliphatic imine (C=N–C) groups is 1. The number of aryl methyl sites for hydroxylation is 1. The number of carbonyl (C=O) groups is 2. The van der Waals surface area contributed by atoms with E-state index in [2.05, 4.69) is 32.3 Å². The van der Waals surface area contributed by atoms with Crippen molar-refractivity contribution in [2.45, 2.75) is 53.1 Å². The smallest absolute Gasteiger partial charge is 0.412 e. The first-order chi connectivity index (χ1) is 17.9. The van der Waals surface area contributed by atoms with Crippen molar-refractivity contribution in [3.63, 3.8) is 0 Å². The van der Waals surface area contributed by atoms with Crippen LogP contribution in [0.5, 0.6) is 0 Å². The summed E-state index contributed by atoms with van der Waals surface area (Å²) in [5, 5.41) is 5.80. The van der Waals surface area contributed by atoms with Crippen LogP contribution in [0.2, 0.25) is 5.15 Å². The van der Waals surface area contributed by atoms with E-state index in [0.29, 0.717) is 29.9 Å². The van der Waals surface area contributed by atoms with Gasteiger partial charge < -0.3 is 10.1 Å². The Hall–Kier alpha value is -4.05. The molecule has 10 nitrogen and oxygen atoms in total. The fraction of sp³-hybridized carbons (Fsp3) is 0.333. The Bertz CT molecular complexity index is 1410. The number of rotatable bonds is 8. The van der Waals surface area contributed by atoms with Crippen LogP contribution in [0.3, 0.4) is 0 Å². The lowest BCUT2D eigenvalue weighted by Gasteiger charge is -2.22. The zero-order chi connectivity index (χ0) is 28.0. The fourth-order valence-corrected chi connectivity index (χ4v) is 3.79. The largest absolute Gasteiger partial charge is 0.444 e. The summed E-state index contributed by atoms with van der Waals surface area (Å²) in [4.78, 5) is 50.5. The maximum Gasteiger partial charge on any atom is 0.412 e. The van der Waals surface area contributed by atoms with E-state index in [0.717, 1.165) is 5.56 Å². The molecule has 0 spiro atoms. The van der Waals surface area contributed by atoms with E-state index in [4.69, 9.17) is 16.3 Å². The minimum Gasteiger partial charge on any atom is -0.444 e. The maximum atomic E-state index is 13.6. The predicted molar refractivity (Wildman–Crippen MR) is 149 cm³/mol. The molecule has 38 heavy (non-hydrogen) atoms. The van der Waals surface area contributed by atoms with E-state index in [1.807, 2.05) is 30.3 Å². The minimum atomic E-state index is -0.767. The highest BCUT2D eigenvalue weighted by atomic mass is 35.5. The zero-order valence-corrected chi connectivity index (χ0v) is 22.8. The molecule has 2 N–H and O–H groups in total. The number of pyridine rings is 1. The molecule has 0 atom stereocenters. The standard InChI is InChI=1S/C27H31ClN6O4/c1-16-19(15-21(35)29-6)14-20(32-26(37)38-27(3,4)5)24(31-16)34-17(2)22(28)33-23(25(34)36)30-13-12-18-10-8-7-9-11-18/h7-11,14H,6,12-13,15H2,1-5H3,(H,30,33)(H,32,37). The van der Waals surface area contributed by atoms with Crippen LogP contribution in [-0.2, 0) is 22.4 Å². The normalized spacial score (nSPS) is 11.1. The van der Waals surface area contributed by atoms with Gasteiger partial charge in [-0.25, -0.2) is 19.8 Å². The summed E-state index contributed by atoms with van der Waals surface area (Å²) >= 11 is 6.43. The molecule has 0 aliphatic rings. The molecule has 0 saturated carbocycles. The lowest BCUT2D eigenvalue weighted by Crippen LogP contribution is -2.30. The Balaban J connectivity index is 2.07. The minimum absolute atomic E-state index is 0.0364. The first-order valence-corrected chi connectivity index (χ1v) is 12.3. The fourth-order valence-electron chi connectivity index (χ4n) is 3.63. The monoisotopic (exact) mass is 538 g/mol. The van der Waals surface area contributed by atoms with Crippen LogP contribution in [0.25, 0.3) is 5.82 Å². The summed E-state index contributed by atoms with van der Waals surface area (Å²) in [5.41, 5.74) is 1.26. The highest BCUT2D eigenvalue weighted by molar-refractivity contribution is 6.30. The van der Waals surface area contributed by atoms with E-state index < -0.39 is 23.2 Å². The van der Waals surface area contributed by atoms with Gasteiger partial charge in [0.2, 0.25) is 5.91 Å². The molecule has 0 fully saturated rings. The summed E-state index contributed by atoms with van der Waals surface area (Å²) in [7, 11) is 0. The molecule has 0 unspecified atom stereocenters. The average Bonchev–Trinajstić information content (AvgIpc) is 2.84. The van der Waals surface area contributed by atoms with Gasteiger partial charge in [0.05, 0.1) is 17.8 Å². The molecule has 3 rings (SSSR count). The van der Waals surface area contributed by atoms with Crippen molar-refractivity contribution in [3.05, 3.63) is 74.4 Å². The van der Waals surface area contributed by atoms with E-state index in [-0.39, 0.29) is 28.9 Å². The van der Waals surface area contributed by atoms with Gasteiger partial charge in [-0.05, 0) is 65.0 Å². The Kier molecular flexibility index (Phi) is 9.00. The van der Waals surface area contributed by atoms with Gasteiger partial charge >= 0.3 is 6.09 Å². The van der Waals surface area contributed by atoms with Gasteiger partial charge in [0.25, 0.3) is 5.56 Å². The number of hydrogen-bond donors (Lipinski definition) is 2. The lowest BCUT2D eigenvalue weighted by molar-refractivity contribution is -0.117. The van der Waals surface area contributed by atoms with Gasteiger partial charge in [0, 0.05) is 12.2 Å². The number of benzene rings is 1. The molecule has 0 saturated heterocycles. The number of anilines is 2. The number of halogens is 1. The van der Waals surface area contributed by atoms with Crippen LogP contribution < -0.4 is 16.2 Å². The van der Waals surface area contributed by atoms with Crippen molar-refractivity contribution in [2.75, 3.05) is 17.2 Å². The average molecular weight is 539 g/mol. The first kappa shape index (κ1) is 28.5. The Labute approximate surface area is 226 Å². The van der Waals surface area contributed by atoms with Crippen molar-refractivity contribution < 1.29 is 14.3 Å². The molecule has 0 aliphatic carbocycles. The molecule has 0 bridgehead atoms. The summed E-state index contributed by atoms with van der Waals surface area (Å²) in [6.45, 7) is 12.2. The third-order valence-electron chi connectivity index (χ3n) is 5.46. The molecule has 0 aliphatic heterocycles. The second kappa shape index (κ2) is 12.0. The van der Waals surface area contributed by atoms with Crippen LogP contribution in [-0.4, -0.2) is 45.4 Å². The highest BCUT2D eigenvalue weighted by Gasteiger charge is 2.23. The van der Waals surface area contributed by atoms with Crippen LogP contribution in [0.15, 0.2) is 46.2 Å². The van der Waals surface area contributed by atoms with Crippen LogP contribution in [0, 0.1) is 13.8 Å². The molecule has 11 heteroatoms. The van der Waals surface area contributed by atoms with Gasteiger partial charge in [-0.2, -0.15) is 0 Å². The van der Waals surface area contributed by atoms with Crippen LogP contribution >= 0.6 is 11.6 Å². The van der Waals surface area contributed by atoms with E-state index in [1.54, 1.807) is 40.7 Å². The second-order valence-electron chi connectivity index (χ2n) is 9.60. The molecule has 1 aromatic carbocycles. The summed E-state index contributed by atoms with van der Waals surface area (Å²) < 4.78 is 6.67. The number of aromatic nitrogens is 3. The van der Waals surface area contributed by atoms with Gasteiger partial charge in [-0.15, -0.1) is 0 Å². The Morgan fingerprint density at radius 2 is 1.84 bits per heavy atom. The molecule has 2 heterocycles. The van der Waals surface area contributed by atoms with Gasteiger partial charge in [0.15, 0.2) is 16.8 Å². The number of ether oxygens (including phenoxy) is 1. The quantitative estimate of drug-likeness (QED) is 0.399. The molecule has 3 aromatic rings.